The van der Waals surface area contributed by atoms with Crippen molar-refractivity contribution in [2.24, 2.45) is 0 Å². The van der Waals surface area contributed by atoms with Crippen molar-refractivity contribution in [1.82, 2.24) is 19.7 Å². The number of hydrogen-bond donors (Lipinski definition) is 2. The fourth-order valence-corrected chi connectivity index (χ4v) is 1.69. The summed E-state index contributed by atoms with van der Waals surface area (Å²) in [5, 5.41) is 16.4. The topological polar surface area (TPSA) is 92.9 Å². The number of rotatable bonds is 5. The summed E-state index contributed by atoms with van der Waals surface area (Å²) in [6.45, 7) is 6.02. The van der Waals surface area contributed by atoms with Crippen molar-refractivity contribution in [3.63, 3.8) is 0 Å². The third kappa shape index (κ3) is 3.11. The summed E-state index contributed by atoms with van der Waals surface area (Å²) in [7, 11) is 0. The first-order chi connectivity index (χ1) is 9.47. The van der Waals surface area contributed by atoms with Gasteiger partial charge < -0.3 is 10.4 Å². The maximum Gasteiger partial charge on any atom is 0.354 e. The van der Waals surface area contributed by atoms with Crippen LogP contribution in [-0.4, -0.2) is 30.8 Å². The minimum absolute atomic E-state index is 0.0394. The van der Waals surface area contributed by atoms with Gasteiger partial charge >= 0.3 is 5.97 Å². The van der Waals surface area contributed by atoms with E-state index in [1.807, 2.05) is 37.7 Å². The van der Waals surface area contributed by atoms with Crippen LogP contribution in [0.3, 0.4) is 0 Å². The van der Waals surface area contributed by atoms with Gasteiger partial charge in [0.25, 0.3) is 0 Å². The second-order valence-corrected chi connectivity index (χ2v) is 4.75. The number of aromatic carboxylic acids is 1. The largest absolute Gasteiger partial charge is 0.477 e. The lowest BCUT2D eigenvalue weighted by atomic mass is 10.2. The molecule has 0 saturated heterocycles. The van der Waals surface area contributed by atoms with Gasteiger partial charge in [0.1, 0.15) is 0 Å². The Kier molecular flexibility index (Phi) is 3.97. The molecule has 2 N–H and O–H groups in total. The molecule has 0 spiro atoms. The minimum Gasteiger partial charge on any atom is -0.477 e. The van der Waals surface area contributed by atoms with Crippen molar-refractivity contribution < 1.29 is 9.90 Å². The van der Waals surface area contributed by atoms with Crippen LogP contribution >= 0.6 is 0 Å². The Balaban J connectivity index is 2.12. The Morgan fingerprint density at radius 1 is 1.35 bits per heavy atom. The molecule has 1 unspecified atom stereocenters. The highest BCUT2D eigenvalue weighted by Gasteiger charge is 2.12. The van der Waals surface area contributed by atoms with Gasteiger partial charge in [-0.15, -0.1) is 0 Å². The molecule has 0 saturated carbocycles. The van der Waals surface area contributed by atoms with Crippen LogP contribution in [0.15, 0.2) is 24.5 Å². The summed E-state index contributed by atoms with van der Waals surface area (Å²) >= 11 is 0. The van der Waals surface area contributed by atoms with E-state index >= 15 is 0 Å². The van der Waals surface area contributed by atoms with Gasteiger partial charge in [0, 0.05) is 18.4 Å². The number of carbonyl (C=O) groups is 1. The van der Waals surface area contributed by atoms with E-state index in [0.717, 1.165) is 5.69 Å². The van der Waals surface area contributed by atoms with Crippen LogP contribution in [0.2, 0.25) is 0 Å². The Bertz CT molecular complexity index is 608. The highest BCUT2D eigenvalue weighted by atomic mass is 16.4. The summed E-state index contributed by atoms with van der Waals surface area (Å²) in [5.74, 6) is -0.802. The maximum absolute atomic E-state index is 10.9. The van der Waals surface area contributed by atoms with E-state index in [1.54, 1.807) is 0 Å². The molecule has 7 nitrogen and oxygen atoms in total. The van der Waals surface area contributed by atoms with Gasteiger partial charge in [-0.25, -0.2) is 14.8 Å². The lowest BCUT2D eigenvalue weighted by molar-refractivity contribution is 0.0690. The number of carboxylic acids is 1. The molecule has 0 radical (unpaired) electrons. The van der Waals surface area contributed by atoms with Gasteiger partial charge in [0.15, 0.2) is 5.69 Å². The number of aromatic nitrogens is 4. The number of hydrogen-bond acceptors (Lipinski definition) is 5. The zero-order chi connectivity index (χ0) is 14.7. The smallest absolute Gasteiger partial charge is 0.354 e. The maximum atomic E-state index is 10.9. The molecule has 1 atom stereocenters. The van der Waals surface area contributed by atoms with E-state index in [2.05, 4.69) is 20.4 Å². The molecule has 0 bridgehead atoms. The molecule has 2 rings (SSSR count). The average Bonchev–Trinajstić information content (AvgIpc) is 2.88. The summed E-state index contributed by atoms with van der Waals surface area (Å²) in [6.07, 6.45) is 3.32. The van der Waals surface area contributed by atoms with Crippen LogP contribution < -0.4 is 5.32 Å². The van der Waals surface area contributed by atoms with Crippen LogP contribution in [0, 0.1) is 0 Å². The van der Waals surface area contributed by atoms with Crippen LogP contribution in [0.5, 0.6) is 0 Å². The van der Waals surface area contributed by atoms with E-state index in [1.165, 1.54) is 12.3 Å². The highest BCUT2D eigenvalue weighted by molar-refractivity contribution is 5.85. The zero-order valence-corrected chi connectivity index (χ0v) is 11.6. The van der Waals surface area contributed by atoms with Crippen LogP contribution in [0.4, 0.5) is 5.95 Å². The van der Waals surface area contributed by atoms with E-state index < -0.39 is 5.97 Å². The van der Waals surface area contributed by atoms with E-state index in [-0.39, 0.29) is 17.7 Å². The van der Waals surface area contributed by atoms with Gasteiger partial charge in [-0.1, -0.05) is 0 Å². The van der Waals surface area contributed by atoms with Gasteiger partial charge in [0.05, 0.1) is 11.7 Å². The SMILES string of the molecule is CC(Nc1nccc(C(=O)O)n1)c1ccn(C(C)C)n1. The predicted molar refractivity (Wildman–Crippen MR) is 73.6 cm³/mol. The van der Waals surface area contributed by atoms with Crippen molar-refractivity contribution in [2.45, 2.75) is 32.9 Å². The third-order valence-electron chi connectivity index (χ3n) is 2.82. The van der Waals surface area contributed by atoms with Gasteiger partial charge in [-0.05, 0) is 32.9 Å². The first-order valence-electron chi connectivity index (χ1n) is 6.35. The predicted octanol–water partition coefficient (Wildman–Crippen LogP) is 2.13. The number of anilines is 1. The van der Waals surface area contributed by atoms with Gasteiger partial charge in [-0.3, -0.25) is 4.68 Å². The second kappa shape index (κ2) is 5.68. The average molecular weight is 275 g/mol. The minimum atomic E-state index is -1.08. The van der Waals surface area contributed by atoms with E-state index in [9.17, 15) is 4.79 Å². The Morgan fingerprint density at radius 2 is 2.10 bits per heavy atom. The monoisotopic (exact) mass is 275 g/mol. The molecule has 20 heavy (non-hydrogen) atoms. The molecule has 2 heterocycles. The van der Waals surface area contributed by atoms with Crippen LogP contribution in [0.25, 0.3) is 0 Å². The Hall–Kier alpha value is -2.44. The van der Waals surface area contributed by atoms with Gasteiger partial charge in [-0.2, -0.15) is 5.10 Å². The molecule has 106 valence electrons. The van der Waals surface area contributed by atoms with Crippen LogP contribution in [0.1, 0.15) is 49.0 Å². The molecular weight excluding hydrogens is 258 g/mol. The van der Waals surface area contributed by atoms with E-state index in [0.29, 0.717) is 6.04 Å². The number of nitrogens with zero attached hydrogens (tertiary/aromatic N) is 4. The van der Waals surface area contributed by atoms with E-state index in [4.69, 9.17) is 5.11 Å². The molecule has 0 aromatic carbocycles. The van der Waals surface area contributed by atoms with Crippen molar-refractivity contribution in [1.29, 1.82) is 0 Å². The number of nitrogens with one attached hydrogen (secondary N) is 1. The van der Waals surface area contributed by atoms with Crippen molar-refractivity contribution in [3.05, 3.63) is 35.9 Å². The fraction of sp³-hybridized carbons (Fsp3) is 0.385. The molecule has 0 fully saturated rings. The summed E-state index contributed by atoms with van der Waals surface area (Å²) in [6, 6.07) is 3.45. The zero-order valence-electron chi connectivity index (χ0n) is 11.6. The molecule has 7 heteroatoms. The third-order valence-corrected chi connectivity index (χ3v) is 2.82. The fourth-order valence-electron chi connectivity index (χ4n) is 1.69. The molecule has 0 aliphatic heterocycles. The highest BCUT2D eigenvalue weighted by Crippen LogP contribution is 2.16. The van der Waals surface area contributed by atoms with Crippen molar-refractivity contribution >= 4 is 11.9 Å². The molecule has 2 aromatic rings. The summed E-state index contributed by atoms with van der Waals surface area (Å²) in [5.41, 5.74) is 0.811. The lowest BCUT2D eigenvalue weighted by Crippen LogP contribution is -2.13. The van der Waals surface area contributed by atoms with Crippen molar-refractivity contribution in [2.75, 3.05) is 5.32 Å². The molecule has 0 aliphatic carbocycles. The van der Waals surface area contributed by atoms with Gasteiger partial charge in [0.2, 0.25) is 5.95 Å². The molecular formula is C13H17N5O2. The first kappa shape index (κ1) is 14.0. The molecule has 2 aromatic heterocycles. The first-order valence-corrected chi connectivity index (χ1v) is 6.35. The molecule has 0 aliphatic rings. The summed E-state index contributed by atoms with van der Waals surface area (Å²) in [4.78, 5) is 18.8. The standard InChI is InChI=1S/C13H17N5O2/c1-8(2)18-7-5-10(17-18)9(3)15-13-14-6-4-11(16-13)12(19)20/h4-9H,1-3H3,(H,19,20)(H,14,15,16). The Morgan fingerprint density at radius 3 is 2.70 bits per heavy atom. The quantitative estimate of drug-likeness (QED) is 0.868. The summed E-state index contributed by atoms with van der Waals surface area (Å²) < 4.78 is 1.86. The lowest BCUT2D eigenvalue weighted by Gasteiger charge is -2.12. The second-order valence-electron chi connectivity index (χ2n) is 4.75. The van der Waals surface area contributed by atoms with Crippen molar-refractivity contribution in [3.8, 4) is 0 Å². The molecule has 0 amide bonds. The normalized spacial score (nSPS) is 12.4. The van der Waals surface area contributed by atoms with Crippen LogP contribution in [-0.2, 0) is 0 Å². The number of carboxylic acid groups (broad SMARTS) is 1. The Labute approximate surface area is 116 Å².